The number of nitrogens with one attached hydrogen (secondary N) is 3. The van der Waals surface area contributed by atoms with Crippen molar-refractivity contribution in [2.45, 2.75) is 25.4 Å². The van der Waals surface area contributed by atoms with Gasteiger partial charge in [-0.15, -0.1) is 6.42 Å². The molecule has 3 rings (SSSR count). The van der Waals surface area contributed by atoms with E-state index in [1.165, 1.54) is 12.1 Å². The summed E-state index contributed by atoms with van der Waals surface area (Å²) in [7, 11) is 0. The Morgan fingerprint density at radius 2 is 1.77 bits per heavy atom. The number of aromatic amines is 1. The molecule has 0 bridgehead atoms. The van der Waals surface area contributed by atoms with Crippen LogP contribution in [0.3, 0.4) is 0 Å². The van der Waals surface area contributed by atoms with Gasteiger partial charge in [-0.3, -0.25) is 24.2 Å². The second kappa shape index (κ2) is 12.7. The molecule has 13 heteroatoms. The van der Waals surface area contributed by atoms with E-state index in [1.807, 2.05) is 4.90 Å². The maximum Gasteiger partial charge on any atom is 0.326 e. The van der Waals surface area contributed by atoms with Gasteiger partial charge in [0.1, 0.15) is 12.6 Å². The Bertz CT molecular complexity index is 1490. The zero-order valence-electron chi connectivity index (χ0n) is 20.5. The van der Waals surface area contributed by atoms with E-state index in [2.05, 4.69) is 26.5 Å². The monoisotopic (exact) mass is 535 g/mol. The molecular weight excluding hydrogens is 510 g/mol. The number of carboxylic acid groups (broad SMARTS) is 3. The highest BCUT2D eigenvalue weighted by Crippen LogP contribution is 2.20. The molecule has 202 valence electrons. The van der Waals surface area contributed by atoms with Crippen LogP contribution in [-0.2, 0) is 20.9 Å². The molecule has 2 aromatic carbocycles. The van der Waals surface area contributed by atoms with Gasteiger partial charge in [0.2, 0.25) is 5.95 Å². The number of anilines is 2. The van der Waals surface area contributed by atoms with Gasteiger partial charge >= 0.3 is 17.9 Å². The first-order valence-electron chi connectivity index (χ1n) is 11.6. The van der Waals surface area contributed by atoms with Gasteiger partial charge in [-0.25, -0.2) is 9.78 Å². The van der Waals surface area contributed by atoms with Crippen LogP contribution < -0.4 is 21.1 Å². The lowest BCUT2D eigenvalue weighted by Crippen LogP contribution is -2.41. The molecule has 1 unspecified atom stereocenters. The third-order valence-corrected chi connectivity index (χ3v) is 5.58. The predicted octanol–water partition coefficient (Wildman–Crippen LogP) is 1.11. The van der Waals surface area contributed by atoms with Crippen molar-refractivity contribution >= 4 is 46.4 Å². The van der Waals surface area contributed by atoms with Crippen LogP contribution in [0.25, 0.3) is 10.9 Å². The second-order valence-electron chi connectivity index (χ2n) is 8.42. The van der Waals surface area contributed by atoms with Crippen molar-refractivity contribution in [3.63, 3.8) is 0 Å². The molecular formula is C26H25N5O8. The Hall–Kier alpha value is -5.38. The number of hydrogen-bond acceptors (Lipinski definition) is 8. The third-order valence-electron chi connectivity index (χ3n) is 5.58. The number of benzene rings is 2. The molecule has 1 aromatic heterocycles. The van der Waals surface area contributed by atoms with E-state index in [0.29, 0.717) is 23.1 Å². The minimum Gasteiger partial charge on any atom is -0.481 e. The predicted molar refractivity (Wildman–Crippen MR) is 141 cm³/mol. The lowest BCUT2D eigenvalue weighted by atomic mass is 10.1. The molecule has 0 spiro atoms. The number of carbonyl (C=O) groups excluding carboxylic acids is 1. The van der Waals surface area contributed by atoms with E-state index < -0.39 is 48.4 Å². The fraction of sp³-hybridized carbons (Fsp3) is 0.231. The quantitative estimate of drug-likeness (QED) is 0.171. The van der Waals surface area contributed by atoms with Gasteiger partial charge in [-0.2, -0.15) is 0 Å². The molecule has 1 amide bonds. The number of fused-ring (bicyclic) bond motifs is 1. The smallest absolute Gasteiger partial charge is 0.326 e. The number of carbonyl (C=O) groups is 4. The summed E-state index contributed by atoms with van der Waals surface area (Å²) in [6, 6.07) is 9.94. The average Bonchev–Trinajstić information content (AvgIpc) is 2.89. The number of terminal acetylenes is 1. The van der Waals surface area contributed by atoms with E-state index in [4.69, 9.17) is 16.6 Å². The summed E-state index contributed by atoms with van der Waals surface area (Å²) in [6.07, 6.45) is 4.88. The van der Waals surface area contributed by atoms with Crippen LogP contribution in [-0.4, -0.2) is 68.2 Å². The molecule has 3 aromatic rings. The zero-order chi connectivity index (χ0) is 28.5. The first-order chi connectivity index (χ1) is 18.6. The van der Waals surface area contributed by atoms with Crippen LogP contribution in [0.4, 0.5) is 11.6 Å². The summed E-state index contributed by atoms with van der Waals surface area (Å²) in [5.41, 5.74) is 1.50. The Balaban J connectivity index is 1.76. The summed E-state index contributed by atoms with van der Waals surface area (Å²) >= 11 is 0. The van der Waals surface area contributed by atoms with Crippen molar-refractivity contribution in [1.82, 2.24) is 15.3 Å². The number of rotatable bonds is 13. The topological polar surface area (TPSA) is 202 Å². The van der Waals surface area contributed by atoms with E-state index in [9.17, 15) is 29.1 Å². The second-order valence-corrected chi connectivity index (χ2v) is 8.42. The summed E-state index contributed by atoms with van der Waals surface area (Å²) in [6.45, 7) is 0.103. The van der Waals surface area contributed by atoms with E-state index in [1.54, 1.807) is 30.3 Å². The van der Waals surface area contributed by atoms with Crippen LogP contribution in [0, 0.1) is 12.3 Å². The molecule has 1 atom stereocenters. The minimum atomic E-state index is -1.35. The molecule has 6 N–H and O–H groups in total. The molecule has 39 heavy (non-hydrogen) atoms. The van der Waals surface area contributed by atoms with Crippen LogP contribution >= 0.6 is 0 Å². The summed E-state index contributed by atoms with van der Waals surface area (Å²) < 4.78 is 0. The molecule has 0 fully saturated rings. The van der Waals surface area contributed by atoms with E-state index >= 15 is 0 Å². The molecule has 0 aliphatic heterocycles. The van der Waals surface area contributed by atoms with Crippen LogP contribution in [0.5, 0.6) is 0 Å². The molecule has 0 radical (unpaired) electrons. The first-order valence-corrected chi connectivity index (χ1v) is 11.6. The third kappa shape index (κ3) is 7.80. The van der Waals surface area contributed by atoms with Gasteiger partial charge < -0.3 is 30.9 Å². The number of aliphatic carboxylic acids is 3. The zero-order valence-corrected chi connectivity index (χ0v) is 20.5. The summed E-state index contributed by atoms with van der Waals surface area (Å²) in [4.78, 5) is 66.4. The lowest BCUT2D eigenvalue weighted by molar-refractivity contribution is -0.140. The van der Waals surface area contributed by atoms with Gasteiger partial charge in [0.15, 0.2) is 0 Å². The standard InChI is InChI=1S/C26H25N5O8/c1-2-11-31(14-15-3-8-19-18(12-15)24(37)30-26(29-19)27-13-22(34)35)17-6-4-16(5-7-17)23(36)28-20(25(38)39)9-10-21(32)33/h1,3-8,12,20H,9-11,13-14H2,(H,28,36)(H,32,33)(H,34,35)(H,38,39)(H2,27,29,30,37). The van der Waals surface area contributed by atoms with Crippen molar-refractivity contribution in [2.24, 2.45) is 0 Å². The molecule has 0 aliphatic carbocycles. The average molecular weight is 536 g/mol. The molecule has 1 heterocycles. The molecule has 0 aliphatic rings. The Morgan fingerprint density at radius 1 is 1.05 bits per heavy atom. The van der Waals surface area contributed by atoms with E-state index in [-0.39, 0.29) is 24.5 Å². The van der Waals surface area contributed by atoms with Gasteiger partial charge in [0, 0.05) is 24.2 Å². The van der Waals surface area contributed by atoms with Gasteiger partial charge in [-0.1, -0.05) is 12.0 Å². The Labute approximate surface area is 221 Å². The molecule has 13 nitrogen and oxygen atoms in total. The molecule has 0 saturated carbocycles. The van der Waals surface area contributed by atoms with Crippen LogP contribution in [0.2, 0.25) is 0 Å². The van der Waals surface area contributed by atoms with Crippen molar-refractivity contribution in [3.05, 3.63) is 63.9 Å². The van der Waals surface area contributed by atoms with Crippen LogP contribution in [0.15, 0.2) is 47.3 Å². The van der Waals surface area contributed by atoms with Crippen molar-refractivity contribution < 1.29 is 34.5 Å². The Kier molecular flexibility index (Phi) is 9.20. The highest BCUT2D eigenvalue weighted by Gasteiger charge is 2.22. The van der Waals surface area contributed by atoms with Crippen molar-refractivity contribution in [3.8, 4) is 12.3 Å². The van der Waals surface area contributed by atoms with Crippen molar-refractivity contribution in [2.75, 3.05) is 23.3 Å². The summed E-state index contributed by atoms with van der Waals surface area (Å²) in [5.74, 6) is -1.67. The number of H-pyrrole nitrogens is 1. The molecule has 0 saturated heterocycles. The van der Waals surface area contributed by atoms with Crippen molar-refractivity contribution in [1.29, 1.82) is 0 Å². The maximum atomic E-state index is 12.5. The largest absolute Gasteiger partial charge is 0.481 e. The number of amides is 1. The van der Waals surface area contributed by atoms with E-state index in [0.717, 1.165) is 5.56 Å². The number of aromatic nitrogens is 2. The highest BCUT2D eigenvalue weighted by atomic mass is 16.4. The van der Waals surface area contributed by atoms with Gasteiger partial charge in [-0.05, 0) is 48.4 Å². The lowest BCUT2D eigenvalue weighted by Gasteiger charge is -2.23. The fourth-order valence-corrected chi connectivity index (χ4v) is 3.69. The van der Waals surface area contributed by atoms with Gasteiger partial charge in [0.05, 0.1) is 17.4 Å². The number of hydrogen-bond donors (Lipinski definition) is 6. The number of carboxylic acids is 3. The SMILES string of the molecule is C#CCN(Cc1ccc2nc(NCC(=O)O)[nH]c(=O)c2c1)c1ccc(C(=O)NC(CCC(=O)O)C(=O)O)cc1. The highest BCUT2D eigenvalue weighted by molar-refractivity contribution is 5.97. The normalized spacial score (nSPS) is 11.3. The Morgan fingerprint density at radius 3 is 2.38 bits per heavy atom. The number of nitrogens with zero attached hydrogens (tertiary/aromatic N) is 2. The summed E-state index contributed by atoms with van der Waals surface area (Å²) in [5, 5.41) is 32.0. The maximum absolute atomic E-state index is 12.5. The minimum absolute atomic E-state index is 0.0392. The van der Waals surface area contributed by atoms with Crippen LogP contribution in [0.1, 0.15) is 28.8 Å². The fourth-order valence-electron chi connectivity index (χ4n) is 3.69. The van der Waals surface area contributed by atoms with Gasteiger partial charge in [0.25, 0.3) is 11.5 Å². The first kappa shape index (κ1) is 28.2.